The van der Waals surface area contributed by atoms with Crippen LogP contribution in [0.5, 0.6) is 0 Å². The Kier molecular flexibility index (Phi) is 53.4. The zero-order valence-electron chi connectivity index (χ0n) is 65.2. The van der Waals surface area contributed by atoms with Gasteiger partial charge < -0.3 is 87.8 Å². The first-order valence-corrected chi connectivity index (χ1v) is 40.5. The van der Waals surface area contributed by atoms with Crippen LogP contribution >= 0.6 is 23.5 Å². The van der Waals surface area contributed by atoms with Gasteiger partial charge in [0.2, 0.25) is 47.3 Å². The number of Topliss-reactive ketones (excluding diaryl/α,β-unsaturated/α-hetero) is 1. The van der Waals surface area contributed by atoms with E-state index < -0.39 is 41.1 Å². The van der Waals surface area contributed by atoms with E-state index in [1.165, 1.54) is 64.4 Å². The molecular weight excluding hydrogens is 1450 g/mol. The standard InChI is InChI=1S/C74H127N9O23S2/c1-8-78(9-2)74(96)105-60-27-25-57(26-28-60)61(106-73(95)75-3)23-18-24-66(88)79(33-14-10-12-16-49-107-62-51-67(89)82(71(62)93)35-29-58(84)21-19-31-76-64(86)53-80(37-39-101-45-41-97-4)69(91)55-103-47-43-99-6)34-15-11-13-17-50-108-63-52-68(90)83(72(63)94)36-30-59(85)22-20-32-77-65(87)54-81(38-40-102-46-42-98-5)70(92)56-104-48-44-100-7/h25,27,58,61-63,65,77,84,87H,8-24,26,28-56H2,1-7H3,(H,75,95)(H,76,86). The van der Waals surface area contributed by atoms with Gasteiger partial charge in [-0.3, -0.25) is 58.3 Å². The lowest BCUT2D eigenvalue weighted by Crippen LogP contribution is -2.46. The molecule has 5 unspecified atom stereocenters. The van der Waals surface area contributed by atoms with Crippen LogP contribution in [0.1, 0.15) is 149 Å². The molecule has 0 radical (unpaired) electrons. The van der Waals surface area contributed by atoms with Crippen LogP contribution in [-0.2, 0) is 90.5 Å². The molecule has 618 valence electrons. The third-order valence-corrected chi connectivity index (χ3v) is 20.7. The van der Waals surface area contributed by atoms with Gasteiger partial charge in [0, 0.05) is 133 Å². The molecule has 34 heteroatoms. The number of alkyl carbamates (subject to hydrolysis) is 1. The van der Waals surface area contributed by atoms with Gasteiger partial charge in [-0.15, -0.1) is 23.5 Å². The summed E-state index contributed by atoms with van der Waals surface area (Å²) in [4.78, 5) is 152. The summed E-state index contributed by atoms with van der Waals surface area (Å²) in [6.07, 6.45) is 10.1. The van der Waals surface area contributed by atoms with E-state index in [-0.39, 0.29) is 184 Å². The number of hydrogen-bond acceptors (Lipinski definition) is 26. The second kappa shape index (κ2) is 59.9. The van der Waals surface area contributed by atoms with Crippen LogP contribution in [0.2, 0.25) is 0 Å². The second-order valence-corrected chi connectivity index (χ2v) is 28.9. The Morgan fingerprint density at radius 3 is 1.64 bits per heavy atom. The van der Waals surface area contributed by atoms with Gasteiger partial charge in [-0.05, 0) is 114 Å². The van der Waals surface area contributed by atoms with Crippen LogP contribution in [0.3, 0.4) is 0 Å². The smallest absolute Gasteiger partial charge is 0.414 e. The van der Waals surface area contributed by atoms with Gasteiger partial charge in [0.1, 0.15) is 37.1 Å². The van der Waals surface area contributed by atoms with Crippen LogP contribution in [-0.4, -0.2) is 339 Å². The predicted octanol–water partition coefficient (Wildman–Crippen LogP) is 4.24. The number of allylic oxidation sites excluding steroid dienone is 3. The number of likely N-dealkylation sites (tertiary alicyclic amines) is 2. The fourth-order valence-electron chi connectivity index (χ4n) is 11.8. The lowest BCUT2D eigenvalue weighted by Gasteiger charge is -2.26. The highest BCUT2D eigenvalue weighted by Crippen LogP contribution is 2.30. The number of carbonyl (C=O) groups excluding carboxylic acids is 11. The van der Waals surface area contributed by atoms with Crippen molar-refractivity contribution in [3.05, 3.63) is 23.5 Å². The molecule has 2 heterocycles. The molecule has 0 aromatic rings. The van der Waals surface area contributed by atoms with Crippen molar-refractivity contribution in [1.29, 1.82) is 0 Å². The largest absolute Gasteiger partial charge is 0.442 e. The first-order chi connectivity index (χ1) is 52.2. The van der Waals surface area contributed by atoms with Crippen molar-refractivity contribution in [2.45, 2.75) is 178 Å². The van der Waals surface area contributed by atoms with E-state index in [1.807, 2.05) is 24.8 Å². The molecule has 0 aromatic carbocycles. The molecule has 0 aromatic heterocycles. The zero-order valence-corrected chi connectivity index (χ0v) is 66.9. The van der Waals surface area contributed by atoms with E-state index in [4.69, 9.17) is 47.4 Å². The summed E-state index contributed by atoms with van der Waals surface area (Å²) in [7, 11) is 7.65. The van der Waals surface area contributed by atoms with E-state index in [1.54, 1.807) is 25.2 Å². The number of carbonyl (C=O) groups is 11. The molecule has 2 aliphatic heterocycles. The minimum Gasteiger partial charge on any atom is -0.442 e. The maximum absolute atomic E-state index is 14.1. The number of amides is 10. The number of rotatable bonds is 66. The summed E-state index contributed by atoms with van der Waals surface area (Å²) in [5, 5.41) is 28.7. The lowest BCUT2D eigenvalue weighted by molar-refractivity contribution is -0.141. The molecule has 0 spiro atoms. The van der Waals surface area contributed by atoms with Gasteiger partial charge in [-0.25, -0.2) is 9.59 Å². The van der Waals surface area contributed by atoms with E-state index in [2.05, 4.69) is 16.0 Å². The molecule has 108 heavy (non-hydrogen) atoms. The molecule has 5 atom stereocenters. The van der Waals surface area contributed by atoms with Crippen LogP contribution in [0.25, 0.3) is 0 Å². The van der Waals surface area contributed by atoms with Crippen molar-refractivity contribution in [3.63, 3.8) is 0 Å². The van der Waals surface area contributed by atoms with Gasteiger partial charge in [0.05, 0.1) is 95.8 Å². The van der Waals surface area contributed by atoms with Crippen molar-refractivity contribution < 1.29 is 110 Å². The van der Waals surface area contributed by atoms with E-state index in [0.29, 0.717) is 128 Å². The van der Waals surface area contributed by atoms with Crippen LogP contribution in [0, 0.1) is 0 Å². The SMILES string of the molecule is CCN(CC)C(=O)OC1=CC=C(C(CCCC(=O)N(CCCCCCSC2CC(=O)N(CCC(=O)CCCNC(O)CN(CCOCCOC)C(=O)COCCOC)C2=O)CCCCCCSC2CC(=O)N(CCC(O)CCCNC(=O)CN(CCOCCOC)C(=O)COCCOC)C2=O)OC(=O)NC)CC1. The maximum Gasteiger partial charge on any atom is 0.414 e. The Morgan fingerprint density at radius 2 is 1.09 bits per heavy atom. The van der Waals surface area contributed by atoms with Crippen molar-refractivity contribution in [2.75, 3.05) is 205 Å². The molecule has 5 N–H and O–H groups in total. The van der Waals surface area contributed by atoms with E-state index in [9.17, 15) is 63.0 Å². The summed E-state index contributed by atoms with van der Waals surface area (Å²) in [6.45, 7) is 9.24. The van der Waals surface area contributed by atoms with Crippen LogP contribution in [0.15, 0.2) is 23.5 Å². The number of aliphatic hydroxyl groups excluding tert-OH is 2. The number of methoxy groups -OCH3 is 4. The van der Waals surface area contributed by atoms with Crippen molar-refractivity contribution >= 4 is 88.8 Å². The third kappa shape index (κ3) is 41.4. The Morgan fingerprint density at radius 1 is 0.546 bits per heavy atom. The average molecular weight is 1580 g/mol. The topological polar surface area (TPSA) is 376 Å². The Labute approximate surface area is 647 Å². The highest BCUT2D eigenvalue weighted by molar-refractivity contribution is 8.00. The number of hydrogen-bond donors (Lipinski definition) is 5. The summed E-state index contributed by atoms with van der Waals surface area (Å²) in [5.74, 6) is -0.562. The molecule has 10 amide bonds. The number of ether oxygens (including phenoxy) is 10. The number of thioether (sulfide) groups is 2. The minimum atomic E-state index is -1.08. The van der Waals surface area contributed by atoms with Crippen molar-refractivity contribution in [3.8, 4) is 0 Å². The maximum atomic E-state index is 14.1. The first-order valence-electron chi connectivity index (χ1n) is 38.4. The zero-order chi connectivity index (χ0) is 79.1. The average Bonchev–Trinajstić information content (AvgIpc) is 1.70. The summed E-state index contributed by atoms with van der Waals surface area (Å²) < 4.78 is 53.1. The molecule has 3 rings (SSSR count). The van der Waals surface area contributed by atoms with Gasteiger partial charge in [0.15, 0.2) is 0 Å². The molecule has 2 saturated heterocycles. The Bertz CT molecular complexity index is 2720. The molecule has 0 bridgehead atoms. The van der Waals surface area contributed by atoms with Crippen LogP contribution < -0.4 is 16.0 Å². The van der Waals surface area contributed by atoms with Gasteiger partial charge in [0.25, 0.3) is 0 Å². The molecule has 1 aliphatic carbocycles. The van der Waals surface area contributed by atoms with E-state index >= 15 is 0 Å². The first kappa shape index (κ1) is 96.3. The number of nitrogens with zero attached hydrogens (tertiary/aromatic N) is 6. The molecule has 2 fully saturated rings. The van der Waals surface area contributed by atoms with Gasteiger partial charge in [-0.2, -0.15) is 0 Å². The summed E-state index contributed by atoms with van der Waals surface area (Å²) >= 11 is 2.89. The fourth-order valence-corrected chi connectivity index (χ4v) is 14.1. The third-order valence-electron chi connectivity index (χ3n) is 18.1. The molecular formula is C74H127N9O23S2. The number of unbranched alkanes of at least 4 members (excludes halogenated alkanes) is 6. The second-order valence-electron chi connectivity index (χ2n) is 26.3. The Balaban J connectivity index is 1.47. The lowest BCUT2D eigenvalue weighted by atomic mass is 9.95. The number of nitrogens with one attached hydrogen (secondary N) is 3. The van der Waals surface area contributed by atoms with Crippen molar-refractivity contribution in [2.24, 2.45) is 0 Å². The van der Waals surface area contributed by atoms with Gasteiger partial charge in [-0.1, -0.05) is 31.8 Å². The highest BCUT2D eigenvalue weighted by Gasteiger charge is 2.40. The molecule has 0 saturated carbocycles. The normalized spacial score (nSPS) is 15.9. The van der Waals surface area contributed by atoms with Crippen molar-refractivity contribution in [1.82, 2.24) is 45.3 Å². The predicted molar refractivity (Wildman–Crippen MR) is 406 cm³/mol. The molecule has 32 nitrogen and oxygen atoms in total. The number of ketones is 1. The van der Waals surface area contributed by atoms with Crippen LogP contribution in [0.4, 0.5) is 9.59 Å². The molecule has 3 aliphatic rings. The summed E-state index contributed by atoms with van der Waals surface area (Å²) in [6, 6.07) is 0. The van der Waals surface area contributed by atoms with Gasteiger partial charge >= 0.3 is 12.2 Å². The number of aliphatic hydroxyl groups is 2. The fraction of sp³-hybridized carbons (Fsp3) is 0.797. The highest BCUT2D eigenvalue weighted by atomic mass is 32.2. The summed E-state index contributed by atoms with van der Waals surface area (Å²) in [5.41, 5.74) is 0.848. The quantitative estimate of drug-likeness (QED) is 0.0323. The number of imide groups is 2. The monoisotopic (exact) mass is 1570 g/mol. The minimum absolute atomic E-state index is 0.000842. The van der Waals surface area contributed by atoms with E-state index in [0.717, 1.165) is 56.9 Å². The Hall–Kier alpha value is -5.89.